The van der Waals surface area contributed by atoms with Gasteiger partial charge < -0.3 is 10.1 Å². The van der Waals surface area contributed by atoms with Crippen LogP contribution in [0, 0.1) is 0 Å². The molecule has 1 aliphatic rings. The van der Waals surface area contributed by atoms with E-state index in [1.54, 1.807) is 24.3 Å². The van der Waals surface area contributed by atoms with Crippen molar-refractivity contribution < 1.29 is 17.9 Å². The molecule has 2 N–H and O–H groups in total. The quantitative estimate of drug-likeness (QED) is 0.793. The number of rotatable bonds is 3. The van der Waals surface area contributed by atoms with Gasteiger partial charge in [-0.3, -0.25) is 4.79 Å². The largest absolute Gasteiger partial charge is 0.477 e. The number of carbonyl (C=O) groups excluding carboxylic acids is 1. The zero-order chi connectivity index (χ0) is 12.5. The Bertz CT molecular complexity index is 541. The van der Waals surface area contributed by atoms with Gasteiger partial charge in [-0.05, 0) is 12.1 Å². The van der Waals surface area contributed by atoms with Crippen LogP contribution in [0.15, 0.2) is 24.3 Å². The van der Waals surface area contributed by atoms with Gasteiger partial charge >= 0.3 is 0 Å². The van der Waals surface area contributed by atoms with Gasteiger partial charge in [0.1, 0.15) is 5.75 Å². The molecule has 0 saturated carbocycles. The highest BCUT2D eigenvalue weighted by Gasteiger charge is 2.27. The molecular formula is C10H12N2O4S. The molecule has 0 saturated heterocycles. The van der Waals surface area contributed by atoms with Crippen molar-refractivity contribution in [3.8, 4) is 5.75 Å². The number of hydrogen-bond acceptors (Lipinski definition) is 4. The van der Waals surface area contributed by atoms with Gasteiger partial charge in [0.25, 0.3) is 5.91 Å². The van der Waals surface area contributed by atoms with E-state index in [0.29, 0.717) is 11.4 Å². The lowest BCUT2D eigenvalue weighted by molar-refractivity contribution is -0.123. The lowest BCUT2D eigenvalue weighted by atomic mass is 10.2. The number of anilines is 1. The molecule has 0 fully saturated rings. The maximum Gasteiger partial charge on any atom is 0.266 e. The summed E-state index contributed by atoms with van der Waals surface area (Å²) in [6.07, 6.45) is 0.182. The Labute approximate surface area is 99.0 Å². The summed E-state index contributed by atoms with van der Waals surface area (Å²) < 4.78 is 29.5. The SMILES string of the molecule is CS(=O)(=O)NCC1Oc2ccccc2NC1=O. The summed E-state index contributed by atoms with van der Waals surface area (Å²) in [4.78, 5) is 11.6. The number of ether oxygens (including phenoxy) is 1. The third kappa shape index (κ3) is 2.95. The van der Waals surface area contributed by atoms with Crippen molar-refractivity contribution in [2.24, 2.45) is 0 Å². The number of nitrogens with one attached hydrogen (secondary N) is 2. The van der Waals surface area contributed by atoms with Crippen LogP contribution >= 0.6 is 0 Å². The van der Waals surface area contributed by atoms with Crippen LogP contribution in [0.25, 0.3) is 0 Å². The molecule has 6 nitrogen and oxygen atoms in total. The Morgan fingerprint density at radius 1 is 1.41 bits per heavy atom. The molecule has 17 heavy (non-hydrogen) atoms. The molecule has 92 valence electrons. The second-order valence-electron chi connectivity index (χ2n) is 3.71. The number of amides is 1. The van der Waals surface area contributed by atoms with E-state index in [2.05, 4.69) is 10.0 Å². The minimum Gasteiger partial charge on any atom is -0.477 e. The number of fused-ring (bicyclic) bond motifs is 1. The third-order valence-electron chi connectivity index (χ3n) is 2.24. The van der Waals surface area contributed by atoms with Crippen molar-refractivity contribution in [2.75, 3.05) is 18.1 Å². The highest BCUT2D eigenvalue weighted by molar-refractivity contribution is 7.88. The van der Waals surface area contributed by atoms with Gasteiger partial charge in [-0.1, -0.05) is 12.1 Å². The second-order valence-corrected chi connectivity index (χ2v) is 5.55. The summed E-state index contributed by atoms with van der Waals surface area (Å²) in [6, 6.07) is 6.98. The molecule has 2 rings (SSSR count). The Morgan fingerprint density at radius 3 is 2.82 bits per heavy atom. The standard InChI is InChI=1S/C10H12N2O4S/c1-17(14,15)11-6-9-10(13)12-7-4-2-3-5-8(7)16-9/h2-5,9,11H,6H2,1H3,(H,12,13). The summed E-state index contributed by atoms with van der Waals surface area (Å²) >= 11 is 0. The smallest absolute Gasteiger partial charge is 0.266 e. The van der Waals surface area contributed by atoms with Crippen molar-refractivity contribution in [1.82, 2.24) is 4.72 Å². The molecule has 1 heterocycles. The van der Waals surface area contributed by atoms with Crippen LogP contribution in [-0.2, 0) is 14.8 Å². The molecule has 0 aliphatic carbocycles. The first-order valence-electron chi connectivity index (χ1n) is 4.97. The maximum atomic E-state index is 11.6. The van der Waals surface area contributed by atoms with Gasteiger partial charge in [-0.25, -0.2) is 13.1 Å². The lowest BCUT2D eigenvalue weighted by Crippen LogP contribution is -2.45. The molecule has 1 aromatic carbocycles. The minimum absolute atomic E-state index is 0.0843. The highest BCUT2D eigenvalue weighted by atomic mass is 32.2. The van der Waals surface area contributed by atoms with Gasteiger partial charge in [-0.15, -0.1) is 0 Å². The Morgan fingerprint density at radius 2 is 2.12 bits per heavy atom. The molecule has 0 spiro atoms. The van der Waals surface area contributed by atoms with Crippen LogP contribution in [0.3, 0.4) is 0 Å². The molecule has 7 heteroatoms. The van der Waals surface area contributed by atoms with Crippen LogP contribution in [0.2, 0.25) is 0 Å². The minimum atomic E-state index is -3.33. The van der Waals surface area contributed by atoms with E-state index in [1.165, 1.54) is 0 Å². The summed E-state index contributed by atoms with van der Waals surface area (Å²) in [5.41, 5.74) is 0.591. The van der Waals surface area contributed by atoms with Gasteiger partial charge in [0.05, 0.1) is 18.5 Å². The predicted molar refractivity (Wildman–Crippen MR) is 62.3 cm³/mol. The normalized spacial score (nSPS) is 19.1. The Kier molecular flexibility index (Phi) is 3.03. The highest BCUT2D eigenvalue weighted by Crippen LogP contribution is 2.28. The van der Waals surface area contributed by atoms with E-state index >= 15 is 0 Å². The molecule has 1 aliphatic heterocycles. The van der Waals surface area contributed by atoms with Crippen LogP contribution in [0.5, 0.6) is 5.75 Å². The first-order chi connectivity index (χ1) is 7.96. The number of benzene rings is 1. The number of hydrogen-bond donors (Lipinski definition) is 2. The third-order valence-corrected chi connectivity index (χ3v) is 2.93. The average molecular weight is 256 g/mol. The first-order valence-corrected chi connectivity index (χ1v) is 6.86. The monoisotopic (exact) mass is 256 g/mol. The maximum absolute atomic E-state index is 11.6. The zero-order valence-corrected chi connectivity index (χ0v) is 9.95. The number of sulfonamides is 1. The van der Waals surface area contributed by atoms with Gasteiger partial charge in [-0.2, -0.15) is 0 Å². The van der Waals surface area contributed by atoms with E-state index in [-0.39, 0.29) is 12.5 Å². The van der Waals surface area contributed by atoms with E-state index < -0.39 is 16.1 Å². The fraction of sp³-hybridized carbons (Fsp3) is 0.300. The molecule has 0 bridgehead atoms. The zero-order valence-electron chi connectivity index (χ0n) is 9.14. The predicted octanol–water partition coefficient (Wildman–Crippen LogP) is -0.0647. The average Bonchev–Trinajstić information content (AvgIpc) is 2.25. The van der Waals surface area contributed by atoms with E-state index in [9.17, 15) is 13.2 Å². The topological polar surface area (TPSA) is 84.5 Å². The summed E-state index contributed by atoms with van der Waals surface area (Å²) in [7, 11) is -3.33. The molecule has 1 unspecified atom stereocenters. The molecule has 0 aromatic heterocycles. The first kappa shape index (κ1) is 11.9. The van der Waals surface area contributed by atoms with Crippen molar-refractivity contribution in [3.63, 3.8) is 0 Å². The van der Waals surface area contributed by atoms with E-state index in [0.717, 1.165) is 6.26 Å². The van der Waals surface area contributed by atoms with E-state index in [1.807, 2.05) is 0 Å². The number of para-hydroxylation sites is 2. The number of carbonyl (C=O) groups is 1. The van der Waals surface area contributed by atoms with Crippen molar-refractivity contribution in [2.45, 2.75) is 6.10 Å². The van der Waals surface area contributed by atoms with Crippen molar-refractivity contribution >= 4 is 21.6 Å². The summed E-state index contributed by atoms with van der Waals surface area (Å²) in [5.74, 6) is 0.173. The Hall–Kier alpha value is -1.60. The molecule has 1 atom stereocenters. The summed E-state index contributed by atoms with van der Waals surface area (Å²) in [5, 5.41) is 2.65. The van der Waals surface area contributed by atoms with E-state index in [4.69, 9.17) is 4.74 Å². The van der Waals surface area contributed by atoms with Crippen LogP contribution in [-0.4, -0.2) is 33.2 Å². The lowest BCUT2D eigenvalue weighted by Gasteiger charge is -2.25. The summed E-state index contributed by atoms with van der Waals surface area (Å²) in [6.45, 7) is -0.0843. The molecule has 1 aromatic rings. The molecule has 1 amide bonds. The van der Waals surface area contributed by atoms with Crippen LogP contribution in [0.1, 0.15) is 0 Å². The Balaban J connectivity index is 2.10. The van der Waals surface area contributed by atoms with Gasteiger partial charge in [0, 0.05) is 0 Å². The fourth-order valence-electron chi connectivity index (χ4n) is 1.45. The van der Waals surface area contributed by atoms with Crippen molar-refractivity contribution in [1.29, 1.82) is 0 Å². The van der Waals surface area contributed by atoms with Gasteiger partial charge in [0.15, 0.2) is 6.10 Å². The molecule has 0 radical (unpaired) electrons. The molecular weight excluding hydrogens is 244 g/mol. The van der Waals surface area contributed by atoms with Crippen LogP contribution in [0.4, 0.5) is 5.69 Å². The van der Waals surface area contributed by atoms with Crippen molar-refractivity contribution in [3.05, 3.63) is 24.3 Å². The van der Waals surface area contributed by atoms with Gasteiger partial charge in [0.2, 0.25) is 10.0 Å². The van der Waals surface area contributed by atoms with Crippen LogP contribution < -0.4 is 14.8 Å². The fourth-order valence-corrected chi connectivity index (χ4v) is 1.91. The second kappa shape index (κ2) is 4.34.